The number of nitrogens with zero attached hydrogens (tertiary/aromatic N) is 1. The van der Waals surface area contributed by atoms with E-state index in [1.165, 1.54) is 24.5 Å². The van der Waals surface area contributed by atoms with Crippen molar-refractivity contribution in [3.05, 3.63) is 71.9 Å². The smallest absolute Gasteiger partial charge is 0.273 e. The van der Waals surface area contributed by atoms with Gasteiger partial charge >= 0.3 is 0 Å². The van der Waals surface area contributed by atoms with Gasteiger partial charge in [-0.1, -0.05) is 44.2 Å². The molecule has 2 aliphatic heterocycles. The molecule has 1 aromatic heterocycles. The Morgan fingerprint density at radius 1 is 1.00 bits per heavy atom. The molecule has 4 amide bonds. The molecule has 14 nitrogen and oxygen atoms in total. The van der Waals surface area contributed by atoms with E-state index in [4.69, 9.17) is 9.15 Å². The van der Waals surface area contributed by atoms with E-state index < -0.39 is 51.8 Å². The number of benzene rings is 2. The number of nitrogens with one attached hydrogen (secondary N) is 5. The topological polar surface area (TPSA) is 198 Å². The molecule has 0 saturated heterocycles. The summed E-state index contributed by atoms with van der Waals surface area (Å²) in [4.78, 5) is 56.1. The molecule has 0 aliphatic carbocycles. The highest BCUT2D eigenvalue weighted by molar-refractivity contribution is 7.89. The minimum absolute atomic E-state index is 0.0559. The lowest BCUT2D eigenvalue weighted by Gasteiger charge is -2.27. The van der Waals surface area contributed by atoms with Crippen molar-refractivity contribution in [3.63, 3.8) is 0 Å². The van der Waals surface area contributed by atoms with Gasteiger partial charge in [0.25, 0.3) is 11.8 Å². The van der Waals surface area contributed by atoms with Gasteiger partial charge in [-0.05, 0) is 48.9 Å². The van der Waals surface area contributed by atoms with E-state index in [1.54, 1.807) is 13.8 Å². The SMILES string of the molecule is CC(C)[C@@H]1NC(=O)[C@@H](NS(=O)(=O)c2ccc3c(c2)NC(=O)CO3)CCCCNC(=O)c2coc(n2)[C@@H](Cc2ccccc2)NC1=O. The van der Waals surface area contributed by atoms with Crippen LogP contribution in [0.3, 0.4) is 0 Å². The van der Waals surface area contributed by atoms with E-state index in [9.17, 15) is 27.6 Å². The molecular weight excluding hydrogens is 616 g/mol. The van der Waals surface area contributed by atoms with E-state index in [2.05, 4.69) is 31.0 Å². The zero-order chi connectivity index (χ0) is 32.8. The zero-order valence-electron chi connectivity index (χ0n) is 25.4. The highest BCUT2D eigenvalue weighted by atomic mass is 32.2. The number of rotatable bonds is 6. The molecule has 0 unspecified atom stereocenters. The van der Waals surface area contributed by atoms with Gasteiger partial charge in [0.1, 0.15) is 30.1 Å². The maximum atomic E-state index is 13.7. The fraction of sp³-hybridized carbons (Fsp3) is 0.387. The number of carbonyl (C=O) groups is 4. The van der Waals surface area contributed by atoms with Crippen LogP contribution >= 0.6 is 0 Å². The lowest BCUT2D eigenvalue weighted by molar-refractivity contribution is -0.131. The van der Waals surface area contributed by atoms with Crippen LogP contribution in [0.5, 0.6) is 5.75 Å². The summed E-state index contributed by atoms with van der Waals surface area (Å²) in [6.45, 7) is 3.57. The summed E-state index contributed by atoms with van der Waals surface area (Å²) in [5.74, 6) is -2.06. The monoisotopic (exact) mass is 652 g/mol. The van der Waals surface area contributed by atoms with Gasteiger partial charge in [0.2, 0.25) is 27.7 Å². The van der Waals surface area contributed by atoms with Crippen LogP contribution in [0.2, 0.25) is 0 Å². The number of sulfonamides is 1. The summed E-state index contributed by atoms with van der Waals surface area (Å²) in [6.07, 6.45) is 2.38. The first-order valence-corrected chi connectivity index (χ1v) is 16.5. The number of hydrogen-bond donors (Lipinski definition) is 5. The van der Waals surface area contributed by atoms with Crippen molar-refractivity contribution in [2.45, 2.75) is 62.6 Å². The Kier molecular flexibility index (Phi) is 10.0. The Balaban J connectivity index is 1.41. The van der Waals surface area contributed by atoms with Gasteiger partial charge in [0, 0.05) is 13.0 Å². The first-order chi connectivity index (χ1) is 22.0. The third-order valence-electron chi connectivity index (χ3n) is 7.61. The van der Waals surface area contributed by atoms with Crippen molar-refractivity contribution in [3.8, 4) is 5.75 Å². The number of aromatic nitrogens is 1. The minimum atomic E-state index is -4.27. The summed E-state index contributed by atoms with van der Waals surface area (Å²) in [6, 6.07) is 10.2. The van der Waals surface area contributed by atoms with Crippen molar-refractivity contribution >= 4 is 39.3 Å². The Hall–Kier alpha value is -4.76. The Morgan fingerprint density at radius 3 is 2.54 bits per heavy atom. The average Bonchev–Trinajstić information content (AvgIpc) is 3.52. The molecule has 5 rings (SSSR count). The van der Waals surface area contributed by atoms with E-state index >= 15 is 0 Å². The second-order valence-electron chi connectivity index (χ2n) is 11.5. The van der Waals surface area contributed by atoms with Crippen LogP contribution in [0.4, 0.5) is 5.69 Å². The van der Waals surface area contributed by atoms with Gasteiger partial charge in [-0.2, -0.15) is 4.72 Å². The van der Waals surface area contributed by atoms with Crippen LogP contribution in [0, 0.1) is 5.92 Å². The number of anilines is 1. The molecule has 2 aliphatic rings. The van der Waals surface area contributed by atoms with Crippen LogP contribution in [0.15, 0.2) is 64.1 Å². The third kappa shape index (κ3) is 7.90. The van der Waals surface area contributed by atoms with Crippen LogP contribution in [0.25, 0.3) is 0 Å². The zero-order valence-corrected chi connectivity index (χ0v) is 26.2. The predicted molar refractivity (Wildman–Crippen MR) is 165 cm³/mol. The lowest BCUT2D eigenvalue weighted by Crippen LogP contribution is -2.55. The molecular formula is C31H36N6O8S. The third-order valence-corrected chi connectivity index (χ3v) is 9.08. The van der Waals surface area contributed by atoms with E-state index in [0.717, 1.165) is 5.56 Å². The second kappa shape index (κ2) is 14.1. The van der Waals surface area contributed by atoms with Gasteiger partial charge in [-0.3, -0.25) is 19.2 Å². The molecule has 0 radical (unpaired) electrons. The largest absolute Gasteiger partial charge is 0.482 e. The van der Waals surface area contributed by atoms with Gasteiger partial charge < -0.3 is 30.4 Å². The van der Waals surface area contributed by atoms with Gasteiger partial charge in [-0.15, -0.1) is 0 Å². The standard InChI is InChI=1S/C31H36N6O8S/c1-18(2)27-30(41)34-23(14-19-8-4-3-5-9-19)31-35-24(16-45-31)28(39)32-13-7-6-10-21(29(40)36-27)37-46(42,43)20-11-12-25-22(15-20)33-26(38)17-44-25/h3-5,8-9,11-12,15-16,18,21,23,27,37H,6-7,10,13-14,17H2,1-2H3,(H,32,39)(H,33,38)(H,34,41)(H,36,40)/t21-,23+,27-/m0/s1. The number of oxazole rings is 1. The van der Waals surface area contributed by atoms with Crippen molar-refractivity contribution < 1.29 is 36.7 Å². The average molecular weight is 653 g/mol. The number of carbonyl (C=O) groups excluding carboxylic acids is 4. The highest BCUT2D eigenvalue weighted by Gasteiger charge is 2.33. The lowest BCUT2D eigenvalue weighted by atomic mass is 10.0. The Morgan fingerprint density at radius 2 is 1.78 bits per heavy atom. The summed E-state index contributed by atoms with van der Waals surface area (Å²) in [5, 5.41) is 11.0. The number of fused-ring (bicyclic) bond motifs is 3. The minimum Gasteiger partial charge on any atom is -0.482 e. The number of amides is 4. The van der Waals surface area contributed by atoms with Crippen LogP contribution in [-0.2, 0) is 30.8 Å². The van der Waals surface area contributed by atoms with Crippen molar-refractivity contribution in [1.29, 1.82) is 0 Å². The van der Waals surface area contributed by atoms with Gasteiger partial charge in [0.15, 0.2) is 12.3 Å². The van der Waals surface area contributed by atoms with Crippen molar-refractivity contribution in [1.82, 2.24) is 25.7 Å². The van der Waals surface area contributed by atoms with Gasteiger partial charge in [0.05, 0.1) is 10.6 Å². The van der Waals surface area contributed by atoms with Crippen molar-refractivity contribution in [2.24, 2.45) is 5.92 Å². The predicted octanol–water partition coefficient (Wildman–Crippen LogP) is 1.81. The van der Waals surface area contributed by atoms with Gasteiger partial charge in [-0.25, -0.2) is 13.4 Å². The molecule has 0 spiro atoms. The Labute approximate surface area is 266 Å². The normalized spacial score (nSPS) is 21.3. The maximum Gasteiger partial charge on any atom is 0.273 e. The number of hydrogen-bond acceptors (Lipinski definition) is 9. The summed E-state index contributed by atoms with van der Waals surface area (Å²) in [7, 11) is -4.27. The first kappa shape index (κ1) is 32.6. The second-order valence-corrected chi connectivity index (χ2v) is 13.2. The molecule has 3 aromatic rings. The van der Waals surface area contributed by atoms with Crippen LogP contribution < -0.4 is 30.7 Å². The van der Waals surface area contributed by atoms with E-state index in [-0.39, 0.29) is 47.7 Å². The fourth-order valence-electron chi connectivity index (χ4n) is 5.15. The molecule has 0 saturated carbocycles. The summed E-state index contributed by atoms with van der Waals surface area (Å²) in [5.41, 5.74) is 1.12. The molecule has 244 valence electrons. The molecule has 3 heterocycles. The van der Waals surface area contributed by atoms with Crippen molar-refractivity contribution in [2.75, 3.05) is 18.5 Å². The quantitative estimate of drug-likeness (QED) is 0.264. The molecule has 2 bridgehead atoms. The molecule has 15 heteroatoms. The fourth-order valence-corrected chi connectivity index (χ4v) is 6.40. The molecule has 3 atom stereocenters. The van der Waals surface area contributed by atoms with E-state index in [0.29, 0.717) is 25.0 Å². The molecule has 46 heavy (non-hydrogen) atoms. The van der Waals surface area contributed by atoms with E-state index in [1.807, 2.05) is 30.3 Å². The molecule has 0 fully saturated rings. The number of ether oxygens (including phenoxy) is 1. The summed E-state index contributed by atoms with van der Waals surface area (Å²) >= 11 is 0. The molecule has 2 aromatic carbocycles. The van der Waals surface area contributed by atoms with Crippen LogP contribution in [0.1, 0.15) is 61.1 Å². The van der Waals surface area contributed by atoms with Crippen LogP contribution in [-0.4, -0.2) is 62.3 Å². The highest BCUT2D eigenvalue weighted by Crippen LogP contribution is 2.30. The Bertz CT molecular complexity index is 1710. The first-order valence-electron chi connectivity index (χ1n) is 15.0. The summed E-state index contributed by atoms with van der Waals surface area (Å²) < 4.78 is 40.4. The maximum absolute atomic E-state index is 13.7. The molecule has 5 N–H and O–H groups in total.